The number of benzene rings is 3. The molecule has 68 heavy (non-hydrogen) atoms. The number of nitrogens with one attached hydrogen (secondary N) is 3. The number of aromatic nitrogens is 4. The number of nitrogens with zero attached hydrogens (tertiary/aromatic N) is 6. The summed E-state index contributed by atoms with van der Waals surface area (Å²) in [4.78, 5) is 66.4. The molecule has 8 rings (SSSR count). The molecule has 1 saturated heterocycles. The largest absolute Gasteiger partial charge is 0.484 e. The number of β-amino-alcohol motifs (C(OH)–C–C–N with tert-alkyl or cyclic N) is 1. The topological polar surface area (TPSA) is 213 Å². The summed E-state index contributed by atoms with van der Waals surface area (Å²) in [5.74, 6) is -0.803. The number of rotatable bonds is 14. The van der Waals surface area contributed by atoms with Gasteiger partial charge in [-0.3, -0.25) is 28.7 Å². The Kier molecular flexibility index (Phi) is 13.7. The van der Waals surface area contributed by atoms with Crippen LogP contribution >= 0.6 is 22.7 Å². The van der Waals surface area contributed by atoms with Gasteiger partial charge in [0.2, 0.25) is 11.8 Å². The smallest absolute Gasteiger partial charge is 0.306 e. The van der Waals surface area contributed by atoms with E-state index in [2.05, 4.69) is 38.1 Å². The number of thiazole rings is 1. The molecule has 354 valence electrons. The zero-order valence-corrected chi connectivity index (χ0v) is 40.8. The average molecular weight is 958 g/mol. The first-order chi connectivity index (χ1) is 32.4. The molecule has 3 amide bonds. The van der Waals surface area contributed by atoms with Crippen molar-refractivity contribution in [2.75, 3.05) is 18.5 Å². The van der Waals surface area contributed by atoms with Gasteiger partial charge in [0.25, 0.3) is 5.91 Å². The minimum Gasteiger partial charge on any atom is -0.484 e. The number of ether oxygens (including phenoxy) is 1. The summed E-state index contributed by atoms with van der Waals surface area (Å²) >= 11 is 3.17. The molecular formula is C50H55N9O7S2. The van der Waals surface area contributed by atoms with Crippen molar-refractivity contribution in [3.8, 4) is 21.2 Å². The highest BCUT2D eigenvalue weighted by Gasteiger charge is 2.45. The third-order valence-electron chi connectivity index (χ3n) is 12.3. The van der Waals surface area contributed by atoms with Crippen LogP contribution in [0.25, 0.3) is 15.4 Å². The number of amides is 3. The SMILES string of the molecule is Cc1ncsc1-c1ccc([C@H](C)NC(=O)[C@@H]2C[C@@H](O)CN2C(=O)[C@@H](NC(=O)COc2cccc(Nc3ccc(C4=N[C@@H](CC(=O)O)c5nnc(C)n5-c5sc(C)c(C)c54)cc3)c2)C(C)(C)C)cc1. The molecule has 0 saturated carbocycles. The summed E-state index contributed by atoms with van der Waals surface area (Å²) in [7, 11) is 0. The van der Waals surface area contributed by atoms with E-state index in [0.29, 0.717) is 28.8 Å². The number of aryl methyl sites for hydroxylation is 3. The number of fused-ring (bicyclic) bond motifs is 3. The Labute approximate surface area is 402 Å². The molecule has 3 aromatic heterocycles. The van der Waals surface area contributed by atoms with Gasteiger partial charge in [0.05, 0.1) is 40.4 Å². The van der Waals surface area contributed by atoms with Crippen molar-refractivity contribution in [2.24, 2.45) is 10.4 Å². The molecule has 0 spiro atoms. The van der Waals surface area contributed by atoms with Gasteiger partial charge in [0.1, 0.15) is 34.7 Å². The molecule has 0 radical (unpaired) electrons. The van der Waals surface area contributed by atoms with Gasteiger partial charge in [-0.25, -0.2) is 4.98 Å². The lowest BCUT2D eigenvalue weighted by molar-refractivity contribution is -0.144. The number of thiophene rings is 1. The number of aliphatic hydroxyl groups excluding tert-OH is 1. The minimum absolute atomic E-state index is 0.0447. The molecule has 0 unspecified atom stereocenters. The monoisotopic (exact) mass is 957 g/mol. The van der Waals surface area contributed by atoms with E-state index in [0.717, 1.165) is 54.0 Å². The third kappa shape index (κ3) is 10.1. The average Bonchev–Trinajstić information content (AvgIpc) is 4.06. The minimum atomic E-state index is -1.02. The Bertz CT molecular complexity index is 2900. The number of aliphatic imine (C=N–C) groups is 1. The van der Waals surface area contributed by atoms with Crippen LogP contribution in [0.3, 0.4) is 0 Å². The summed E-state index contributed by atoms with van der Waals surface area (Å²) in [6.07, 6.45) is -1.07. The summed E-state index contributed by atoms with van der Waals surface area (Å²) < 4.78 is 7.86. The van der Waals surface area contributed by atoms with Gasteiger partial charge in [-0.2, -0.15) is 0 Å². The maximum Gasteiger partial charge on any atom is 0.306 e. The van der Waals surface area contributed by atoms with E-state index in [-0.39, 0.29) is 37.9 Å². The van der Waals surface area contributed by atoms with Crippen molar-refractivity contribution in [1.29, 1.82) is 0 Å². The molecule has 16 nitrogen and oxygen atoms in total. The number of carboxylic acid groups (broad SMARTS) is 1. The fraction of sp³-hybridized carbons (Fsp3) is 0.360. The molecule has 3 aromatic carbocycles. The number of hydrogen-bond donors (Lipinski definition) is 5. The van der Waals surface area contributed by atoms with E-state index < -0.39 is 47.4 Å². The summed E-state index contributed by atoms with van der Waals surface area (Å²) in [6, 6.07) is 19.7. The zero-order valence-electron chi connectivity index (χ0n) is 39.2. The highest BCUT2D eigenvalue weighted by molar-refractivity contribution is 7.15. The summed E-state index contributed by atoms with van der Waals surface area (Å²) in [5.41, 5.74) is 8.88. The number of aliphatic carboxylic acids is 1. The Morgan fingerprint density at radius 1 is 0.926 bits per heavy atom. The second-order valence-electron chi connectivity index (χ2n) is 18.4. The quantitative estimate of drug-likeness (QED) is 0.0719. The molecule has 0 bridgehead atoms. The van der Waals surface area contributed by atoms with Gasteiger partial charge in [-0.15, -0.1) is 32.9 Å². The number of aliphatic hydroxyl groups is 1. The van der Waals surface area contributed by atoms with Crippen LogP contribution in [0.4, 0.5) is 11.4 Å². The lowest BCUT2D eigenvalue weighted by Gasteiger charge is -2.35. The molecule has 0 aliphatic carbocycles. The van der Waals surface area contributed by atoms with E-state index >= 15 is 0 Å². The van der Waals surface area contributed by atoms with E-state index in [1.54, 1.807) is 40.9 Å². The van der Waals surface area contributed by atoms with Crippen molar-refractivity contribution in [2.45, 2.75) is 98.5 Å². The maximum atomic E-state index is 14.2. The molecular weight excluding hydrogens is 903 g/mol. The molecule has 2 aliphatic rings. The first kappa shape index (κ1) is 47.7. The molecule has 5 atom stereocenters. The molecule has 18 heteroatoms. The highest BCUT2D eigenvalue weighted by Crippen LogP contribution is 2.40. The highest BCUT2D eigenvalue weighted by atomic mass is 32.1. The van der Waals surface area contributed by atoms with Crippen molar-refractivity contribution >= 4 is 63.5 Å². The predicted molar refractivity (Wildman–Crippen MR) is 262 cm³/mol. The molecule has 1 fully saturated rings. The van der Waals surface area contributed by atoms with Gasteiger partial charge in [0, 0.05) is 46.4 Å². The lowest BCUT2D eigenvalue weighted by Crippen LogP contribution is -2.58. The molecule has 5 heterocycles. The van der Waals surface area contributed by atoms with Crippen LogP contribution < -0.4 is 20.7 Å². The Morgan fingerprint density at radius 3 is 2.32 bits per heavy atom. The Morgan fingerprint density at radius 2 is 1.65 bits per heavy atom. The normalized spacial score (nSPS) is 17.6. The van der Waals surface area contributed by atoms with Crippen LogP contribution in [0.1, 0.15) is 97.1 Å². The van der Waals surface area contributed by atoms with Gasteiger partial charge in [-0.1, -0.05) is 63.2 Å². The number of hydrogen-bond acceptors (Lipinski definition) is 13. The fourth-order valence-corrected chi connectivity index (χ4v) is 10.6. The fourth-order valence-electron chi connectivity index (χ4n) is 8.60. The number of likely N-dealkylation sites (tertiary alicyclic amines) is 1. The van der Waals surface area contributed by atoms with Gasteiger partial charge in [0.15, 0.2) is 12.4 Å². The van der Waals surface area contributed by atoms with E-state index in [1.807, 2.05) is 113 Å². The first-order valence-corrected chi connectivity index (χ1v) is 24.1. The number of anilines is 2. The first-order valence-electron chi connectivity index (χ1n) is 22.4. The number of carboxylic acids is 1. The van der Waals surface area contributed by atoms with E-state index in [9.17, 15) is 29.4 Å². The Hall–Kier alpha value is -6.76. The van der Waals surface area contributed by atoms with Crippen LogP contribution in [0.2, 0.25) is 0 Å². The van der Waals surface area contributed by atoms with E-state index in [4.69, 9.17) is 9.73 Å². The van der Waals surface area contributed by atoms with Crippen LogP contribution in [0, 0.1) is 33.1 Å². The third-order valence-corrected chi connectivity index (χ3v) is 14.5. The maximum absolute atomic E-state index is 14.2. The van der Waals surface area contributed by atoms with Crippen LogP contribution in [0.15, 0.2) is 83.3 Å². The second-order valence-corrected chi connectivity index (χ2v) is 20.5. The van der Waals surface area contributed by atoms with E-state index in [1.165, 1.54) is 4.90 Å². The molecule has 5 N–H and O–H groups in total. The number of carbonyl (C=O) groups excluding carboxylic acids is 3. The van der Waals surface area contributed by atoms with Crippen molar-refractivity contribution in [3.05, 3.63) is 123 Å². The Balaban J connectivity index is 0.900. The number of carbonyl (C=O) groups is 4. The molecule has 6 aromatic rings. The lowest BCUT2D eigenvalue weighted by atomic mass is 9.85. The standard InChI is InChI=1S/C50H55N9O7S2/c1-26-29(4)68-49-42(26)43(54-38(22-41(62)63)46-57-56-30(5)59(46)49)32-16-18-34(19-17-32)53-35-10-9-11-37(20-35)66-24-40(61)55-45(50(6,7)8)48(65)58-23-36(60)21-39(58)47(64)52-27(2)31-12-14-33(15-13-31)44-28(3)51-25-67-44/h9-20,25,27,36,38-39,45,53,60H,21-24H2,1-8H3,(H,52,64)(H,55,61)(H,62,63)/t27-,36+,38-,39-,45+/m0/s1. The van der Waals surface area contributed by atoms with Crippen LogP contribution in [-0.2, 0) is 19.2 Å². The van der Waals surface area contributed by atoms with Crippen LogP contribution in [-0.4, -0.2) is 95.6 Å². The van der Waals surface area contributed by atoms with Crippen molar-refractivity contribution in [1.82, 2.24) is 35.3 Å². The summed E-state index contributed by atoms with van der Waals surface area (Å²) in [5, 5.41) is 39.3. The molecule has 2 aliphatic heterocycles. The van der Waals surface area contributed by atoms with Crippen molar-refractivity contribution in [3.63, 3.8) is 0 Å². The van der Waals surface area contributed by atoms with Crippen LogP contribution in [0.5, 0.6) is 5.75 Å². The predicted octanol–water partition coefficient (Wildman–Crippen LogP) is 7.55. The van der Waals surface area contributed by atoms with Gasteiger partial charge in [-0.05, 0) is 81.0 Å². The van der Waals surface area contributed by atoms with Gasteiger partial charge < -0.3 is 35.8 Å². The van der Waals surface area contributed by atoms with Crippen molar-refractivity contribution < 1.29 is 34.1 Å². The van der Waals surface area contributed by atoms with Gasteiger partial charge >= 0.3 is 5.97 Å². The summed E-state index contributed by atoms with van der Waals surface area (Å²) in [6.45, 7) is 14.8. The zero-order chi connectivity index (χ0) is 48.6. The second kappa shape index (κ2) is 19.5.